The van der Waals surface area contributed by atoms with E-state index in [1.54, 1.807) is 23.1 Å². The molecule has 3 nitrogen and oxygen atoms in total. The number of nitrogens with two attached hydrogens (primary N) is 1. The van der Waals surface area contributed by atoms with Crippen molar-refractivity contribution >= 4 is 46.5 Å². The fraction of sp³-hybridized carbons (Fsp3) is 0.273. The van der Waals surface area contributed by atoms with Gasteiger partial charge >= 0.3 is 0 Å². The molecular formula is C11H12ClN3S3. The topological polar surface area (TPSA) is 51.8 Å². The highest BCUT2D eigenvalue weighted by atomic mass is 35.5. The lowest BCUT2D eigenvalue weighted by Crippen LogP contribution is -2.04. The first-order valence-corrected chi connectivity index (χ1v) is 8.44. The third-order valence-electron chi connectivity index (χ3n) is 2.24. The van der Waals surface area contributed by atoms with Crippen molar-refractivity contribution in [2.45, 2.75) is 26.5 Å². The molecule has 0 saturated heterocycles. The molecule has 0 radical (unpaired) electrons. The van der Waals surface area contributed by atoms with E-state index in [0.717, 1.165) is 19.1 Å². The van der Waals surface area contributed by atoms with Crippen LogP contribution >= 0.6 is 46.5 Å². The van der Waals surface area contributed by atoms with Crippen molar-refractivity contribution in [2.24, 2.45) is 5.73 Å². The average Bonchev–Trinajstić information content (AvgIpc) is 2.79. The number of benzene rings is 1. The van der Waals surface area contributed by atoms with Gasteiger partial charge in [-0.25, -0.2) is 0 Å². The molecule has 2 N–H and O–H groups in total. The van der Waals surface area contributed by atoms with Crippen LogP contribution in [0.15, 0.2) is 31.8 Å². The predicted octanol–water partition coefficient (Wildman–Crippen LogP) is 4.08. The molecule has 7 heteroatoms. The molecule has 0 bridgehead atoms. The summed E-state index contributed by atoms with van der Waals surface area (Å²) in [6.45, 7) is 1.94. The van der Waals surface area contributed by atoms with Crippen molar-refractivity contribution in [3.05, 3.63) is 28.8 Å². The van der Waals surface area contributed by atoms with Crippen LogP contribution in [-0.4, -0.2) is 16.5 Å². The number of nitrogens with zero attached hydrogens (tertiary/aromatic N) is 2. The Hall–Kier alpha value is -0.270. The van der Waals surface area contributed by atoms with Crippen molar-refractivity contribution in [1.29, 1.82) is 0 Å². The van der Waals surface area contributed by atoms with Gasteiger partial charge in [-0.3, -0.25) is 0 Å². The van der Waals surface area contributed by atoms with Crippen LogP contribution in [0.25, 0.3) is 0 Å². The second-order valence-electron chi connectivity index (χ2n) is 3.62. The van der Waals surface area contributed by atoms with Gasteiger partial charge in [0.25, 0.3) is 0 Å². The summed E-state index contributed by atoms with van der Waals surface area (Å²) in [6.07, 6.45) is 1.99. The van der Waals surface area contributed by atoms with Gasteiger partial charge < -0.3 is 5.73 Å². The summed E-state index contributed by atoms with van der Waals surface area (Å²) in [5.74, 6) is 0. The fourth-order valence-electron chi connectivity index (χ4n) is 1.30. The van der Waals surface area contributed by atoms with Crippen molar-refractivity contribution < 1.29 is 0 Å². The molecule has 0 unspecified atom stereocenters. The zero-order valence-corrected chi connectivity index (χ0v) is 13.1. The number of thioether (sulfide) groups is 1. The Morgan fingerprint density at radius 2 is 2.06 bits per heavy atom. The first kappa shape index (κ1) is 14.1. The van der Waals surface area contributed by atoms with Crippen molar-refractivity contribution in [1.82, 2.24) is 10.2 Å². The number of hydrogen-bond acceptors (Lipinski definition) is 6. The van der Waals surface area contributed by atoms with Crippen LogP contribution in [0, 0.1) is 0 Å². The summed E-state index contributed by atoms with van der Waals surface area (Å²) < 4.78 is 1.86. The lowest BCUT2D eigenvalue weighted by atomic mass is 10.1. The summed E-state index contributed by atoms with van der Waals surface area (Å²) >= 11 is 10.9. The van der Waals surface area contributed by atoms with E-state index < -0.39 is 0 Å². The van der Waals surface area contributed by atoms with Gasteiger partial charge in [0.15, 0.2) is 8.68 Å². The molecular weight excluding hydrogens is 306 g/mol. The second-order valence-corrected chi connectivity index (χ2v) is 7.35. The van der Waals surface area contributed by atoms with Crippen LogP contribution in [0.2, 0.25) is 5.02 Å². The van der Waals surface area contributed by atoms with Gasteiger partial charge in [0.05, 0.1) is 5.02 Å². The molecule has 0 saturated carbocycles. The minimum absolute atomic E-state index is 0.00817. The lowest BCUT2D eigenvalue weighted by Gasteiger charge is -2.08. The van der Waals surface area contributed by atoms with E-state index in [-0.39, 0.29) is 6.04 Å². The van der Waals surface area contributed by atoms with E-state index in [1.165, 1.54) is 11.8 Å². The van der Waals surface area contributed by atoms with Crippen LogP contribution in [0.1, 0.15) is 18.5 Å². The molecule has 1 aromatic heterocycles. The van der Waals surface area contributed by atoms with Crippen molar-refractivity contribution in [3.63, 3.8) is 0 Å². The normalized spacial score (nSPS) is 12.7. The van der Waals surface area contributed by atoms with Gasteiger partial charge in [0.1, 0.15) is 0 Å². The van der Waals surface area contributed by atoms with Gasteiger partial charge in [-0.2, -0.15) is 0 Å². The summed E-state index contributed by atoms with van der Waals surface area (Å²) in [4.78, 5) is 0.977. The van der Waals surface area contributed by atoms with Crippen molar-refractivity contribution in [3.8, 4) is 0 Å². The smallest absolute Gasteiger partial charge is 0.179 e. The number of halogens is 1. The van der Waals surface area contributed by atoms with E-state index in [1.807, 2.05) is 31.4 Å². The molecule has 0 amide bonds. The van der Waals surface area contributed by atoms with Gasteiger partial charge in [0, 0.05) is 10.9 Å². The Morgan fingerprint density at radius 1 is 1.33 bits per heavy atom. The van der Waals surface area contributed by atoms with E-state index in [4.69, 9.17) is 17.3 Å². The largest absolute Gasteiger partial charge is 0.324 e. The fourth-order valence-corrected chi connectivity index (χ4v) is 4.00. The lowest BCUT2D eigenvalue weighted by molar-refractivity contribution is 0.817. The predicted molar refractivity (Wildman–Crippen MR) is 79.9 cm³/mol. The minimum atomic E-state index is -0.00817. The molecule has 1 aromatic carbocycles. The van der Waals surface area contributed by atoms with Gasteiger partial charge in [0.2, 0.25) is 0 Å². The summed E-state index contributed by atoms with van der Waals surface area (Å²) in [5.41, 5.74) is 6.85. The Morgan fingerprint density at radius 3 is 2.61 bits per heavy atom. The Bertz CT molecular complexity index is 542. The third-order valence-corrected chi connectivity index (χ3v) is 5.69. The quantitative estimate of drug-likeness (QED) is 0.861. The van der Waals surface area contributed by atoms with Gasteiger partial charge in [-0.05, 0) is 30.9 Å². The summed E-state index contributed by atoms with van der Waals surface area (Å²) in [5, 5.41) is 8.87. The number of aromatic nitrogens is 2. The number of hydrogen-bond donors (Lipinski definition) is 1. The standard InChI is InChI=1S/C11H12ClN3S3/c1-6(13)7-3-4-9(8(12)5-7)17-11-15-14-10(16-2)18-11/h3-6H,13H2,1-2H3/t6-/m0/s1. The molecule has 2 rings (SSSR count). The Kier molecular flexibility index (Phi) is 4.91. The molecule has 0 aliphatic rings. The summed E-state index contributed by atoms with van der Waals surface area (Å²) in [7, 11) is 0. The van der Waals surface area contributed by atoms with E-state index in [2.05, 4.69) is 10.2 Å². The molecule has 0 fully saturated rings. The maximum Gasteiger partial charge on any atom is 0.179 e. The second kappa shape index (κ2) is 6.25. The first-order valence-electron chi connectivity index (χ1n) is 5.20. The third kappa shape index (κ3) is 3.39. The maximum atomic E-state index is 6.24. The Labute approximate surface area is 124 Å². The van der Waals surface area contributed by atoms with E-state index in [0.29, 0.717) is 5.02 Å². The highest BCUT2D eigenvalue weighted by molar-refractivity contribution is 8.03. The van der Waals surface area contributed by atoms with E-state index in [9.17, 15) is 0 Å². The number of rotatable bonds is 4. The van der Waals surface area contributed by atoms with Crippen LogP contribution in [0.4, 0.5) is 0 Å². The monoisotopic (exact) mass is 317 g/mol. The molecule has 0 spiro atoms. The molecule has 0 aliphatic heterocycles. The highest BCUT2D eigenvalue weighted by Crippen LogP contribution is 2.37. The molecule has 0 aliphatic carbocycles. The minimum Gasteiger partial charge on any atom is -0.324 e. The summed E-state index contributed by atoms with van der Waals surface area (Å²) in [6, 6.07) is 5.87. The first-order chi connectivity index (χ1) is 8.60. The Balaban J connectivity index is 2.19. The molecule has 18 heavy (non-hydrogen) atoms. The molecule has 1 heterocycles. The average molecular weight is 318 g/mol. The van der Waals surface area contributed by atoms with Gasteiger partial charge in [-0.15, -0.1) is 10.2 Å². The zero-order valence-electron chi connectivity index (χ0n) is 9.88. The molecule has 1 atom stereocenters. The maximum absolute atomic E-state index is 6.24. The molecule has 96 valence electrons. The molecule has 2 aromatic rings. The van der Waals surface area contributed by atoms with Crippen LogP contribution in [0.5, 0.6) is 0 Å². The van der Waals surface area contributed by atoms with Crippen molar-refractivity contribution in [2.75, 3.05) is 6.26 Å². The van der Waals surface area contributed by atoms with E-state index >= 15 is 0 Å². The SMILES string of the molecule is CSc1nnc(Sc2ccc([C@H](C)N)cc2Cl)s1. The van der Waals surface area contributed by atoms with Crippen LogP contribution in [-0.2, 0) is 0 Å². The zero-order chi connectivity index (χ0) is 13.1. The van der Waals surface area contributed by atoms with Crippen LogP contribution in [0.3, 0.4) is 0 Å². The van der Waals surface area contributed by atoms with Gasteiger partial charge in [-0.1, -0.05) is 52.5 Å². The highest BCUT2D eigenvalue weighted by Gasteiger charge is 2.09. The van der Waals surface area contributed by atoms with Crippen LogP contribution < -0.4 is 5.73 Å².